The Labute approximate surface area is 92.6 Å². The maximum atomic E-state index is 11.4. The smallest absolute Gasteiger partial charge is 0.246 e. The summed E-state index contributed by atoms with van der Waals surface area (Å²) in [6, 6.07) is 0. The molecule has 1 unspecified atom stereocenters. The molecule has 1 aliphatic carbocycles. The van der Waals surface area contributed by atoms with E-state index >= 15 is 0 Å². The molecule has 0 aromatic carbocycles. The fourth-order valence-electron chi connectivity index (χ4n) is 1.44. The van der Waals surface area contributed by atoms with Crippen molar-refractivity contribution in [3.05, 3.63) is 0 Å². The summed E-state index contributed by atoms with van der Waals surface area (Å²) in [5.41, 5.74) is -0.237. The number of amides is 1. The van der Waals surface area contributed by atoms with E-state index in [-0.39, 0.29) is 18.1 Å². The van der Waals surface area contributed by atoms with Gasteiger partial charge < -0.3 is 10.1 Å². The van der Waals surface area contributed by atoms with Crippen LogP contribution >= 0.6 is 0 Å². The quantitative estimate of drug-likeness (QED) is 0.758. The van der Waals surface area contributed by atoms with Gasteiger partial charge in [0.2, 0.25) is 5.91 Å². The summed E-state index contributed by atoms with van der Waals surface area (Å²) in [6.45, 7) is 9.01. The predicted molar refractivity (Wildman–Crippen MR) is 60.6 cm³/mol. The highest BCUT2D eigenvalue weighted by atomic mass is 16.5. The molecule has 0 aliphatic heterocycles. The Hall–Kier alpha value is -0.570. The topological polar surface area (TPSA) is 38.3 Å². The van der Waals surface area contributed by atoms with Gasteiger partial charge in [0.15, 0.2) is 0 Å². The summed E-state index contributed by atoms with van der Waals surface area (Å²) >= 11 is 0. The zero-order chi connectivity index (χ0) is 11.5. The molecular weight excluding hydrogens is 190 g/mol. The van der Waals surface area contributed by atoms with E-state index in [4.69, 9.17) is 4.74 Å². The molecule has 1 fully saturated rings. The van der Waals surface area contributed by atoms with E-state index in [1.807, 2.05) is 20.8 Å². The van der Waals surface area contributed by atoms with Crippen LogP contribution in [0.4, 0.5) is 0 Å². The van der Waals surface area contributed by atoms with Gasteiger partial charge in [-0.3, -0.25) is 4.79 Å². The van der Waals surface area contributed by atoms with E-state index < -0.39 is 0 Å². The lowest BCUT2D eigenvalue weighted by Gasteiger charge is -2.19. The molecule has 0 aromatic rings. The van der Waals surface area contributed by atoms with Crippen molar-refractivity contribution in [3.63, 3.8) is 0 Å². The van der Waals surface area contributed by atoms with Gasteiger partial charge in [-0.1, -0.05) is 6.92 Å². The fraction of sp³-hybridized carbons (Fsp3) is 0.917. The molecule has 88 valence electrons. The number of hydrogen-bond donors (Lipinski definition) is 1. The third-order valence-corrected chi connectivity index (χ3v) is 2.68. The van der Waals surface area contributed by atoms with Crippen molar-refractivity contribution >= 4 is 5.91 Å². The highest BCUT2D eigenvalue weighted by molar-refractivity contribution is 5.77. The Bertz CT molecular complexity index is 216. The lowest BCUT2D eigenvalue weighted by molar-refractivity contribution is -0.130. The molecule has 0 radical (unpaired) electrons. The number of hydrogen-bond acceptors (Lipinski definition) is 2. The Morgan fingerprint density at radius 2 is 2.07 bits per heavy atom. The first-order valence-corrected chi connectivity index (χ1v) is 5.79. The van der Waals surface area contributed by atoms with Crippen LogP contribution in [-0.4, -0.2) is 24.7 Å². The van der Waals surface area contributed by atoms with E-state index in [9.17, 15) is 4.79 Å². The van der Waals surface area contributed by atoms with Gasteiger partial charge >= 0.3 is 0 Å². The SMILES string of the molecule is CC(CNC(=O)COC(C)(C)C)C1CC1. The van der Waals surface area contributed by atoms with Gasteiger partial charge in [-0.25, -0.2) is 0 Å². The van der Waals surface area contributed by atoms with Crippen molar-refractivity contribution in [1.82, 2.24) is 5.32 Å². The molecule has 0 bridgehead atoms. The van der Waals surface area contributed by atoms with Crippen molar-refractivity contribution < 1.29 is 9.53 Å². The van der Waals surface area contributed by atoms with Crippen LogP contribution in [0.3, 0.4) is 0 Å². The van der Waals surface area contributed by atoms with E-state index in [0.29, 0.717) is 5.92 Å². The number of nitrogens with one attached hydrogen (secondary N) is 1. The van der Waals surface area contributed by atoms with Gasteiger partial charge in [-0.15, -0.1) is 0 Å². The lowest BCUT2D eigenvalue weighted by Crippen LogP contribution is -2.34. The molecule has 1 rings (SSSR count). The molecule has 3 nitrogen and oxygen atoms in total. The average molecular weight is 213 g/mol. The van der Waals surface area contributed by atoms with Crippen LogP contribution in [0.25, 0.3) is 0 Å². The molecule has 1 atom stereocenters. The Morgan fingerprint density at radius 1 is 1.47 bits per heavy atom. The van der Waals surface area contributed by atoms with Crippen LogP contribution < -0.4 is 5.32 Å². The van der Waals surface area contributed by atoms with Crippen LogP contribution in [-0.2, 0) is 9.53 Å². The number of carbonyl (C=O) groups is 1. The highest BCUT2D eigenvalue weighted by Crippen LogP contribution is 2.35. The third-order valence-electron chi connectivity index (χ3n) is 2.68. The van der Waals surface area contributed by atoms with Crippen LogP contribution in [0, 0.1) is 11.8 Å². The lowest BCUT2D eigenvalue weighted by atomic mass is 10.1. The molecule has 15 heavy (non-hydrogen) atoms. The molecule has 1 aliphatic rings. The van der Waals surface area contributed by atoms with Crippen molar-refractivity contribution in [2.45, 2.75) is 46.1 Å². The van der Waals surface area contributed by atoms with Crippen LogP contribution in [0.1, 0.15) is 40.5 Å². The second-order valence-corrected chi connectivity index (χ2v) is 5.52. The Balaban J connectivity index is 2.07. The van der Waals surface area contributed by atoms with Crippen molar-refractivity contribution in [1.29, 1.82) is 0 Å². The summed E-state index contributed by atoms with van der Waals surface area (Å²) in [5.74, 6) is 1.45. The predicted octanol–water partition coefficient (Wildman–Crippen LogP) is 1.96. The largest absolute Gasteiger partial charge is 0.366 e. The molecule has 1 saturated carbocycles. The number of rotatable bonds is 5. The van der Waals surface area contributed by atoms with Crippen molar-refractivity contribution in [2.24, 2.45) is 11.8 Å². The van der Waals surface area contributed by atoms with Crippen LogP contribution in [0.15, 0.2) is 0 Å². The van der Waals surface area contributed by atoms with E-state index in [0.717, 1.165) is 12.5 Å². The minimum atomic E-state index is -0.237. The summed E-state index contributed by atoms with van der Waals surface area (Å²) in [7, 11) is 0. The molecular formula is C12H23NO2. The zero-order valence-corrected chi connectivity index (χ0v) is 10.3. The maximum absolute atomic E-state index is 11.4. The maximum Gasteiger partial charge on any atom is 0.246 e. The first-order chi connectivity index (χ1) is 6.88. The first kappa shape index (κ1) is 12.5. The minimum absolute atomic E-state index is 0.00238. The summed E-state index contributed by atoms with van der Waals surface area (Å²) in [5, 5.41) is 2.91. The summed E-state index contributed by atoms with van der Waals surface area (Å²) in [4.78, 5) is 11.4. The molecule has 1 N–H and O–H groups in total. The zero-order valence-electron chi connectivity index (χ0n) is 10.3. The van der Waals surface area contributed by atoms with Crippen molar-refractivity contribution in [2.75, 3.05) is 13.2 Å². The molecule has 0 heterocycles. The minimum Gasteiger partial charge on any atom is -0.366 e. The normalized spacial score (nSPS) is 18.7. The molecule has 3 heteroatoms. The van der Waals surface area contributed by atoms with Gasteiger partial charge in [0, 0.05) is 6.54 Å². The highest BCUT2D eigenvalue weighted by Gasteiger charge is 2.27. The van der Waals surface area contributed by atoms with E-state index in [1.165, 1.54) is 12.8 Å². The summed E-state index contributed by atoms with van der Waals surface area (Å²) in [6.07, 6.45) is 2.66. The fourth-order valence-corrected chi connectivity index (χ4v) is 1.44. The average Bonchev–Trinajstić information content (AvgIpc) is 2.92. The molecule has 0 aromatic heterocycles. The van der Waals surface area contributed by atoms with E-state index in [1.54, 1.807) is 0 Å². The van der Waals surface area contributed by atoms with Gasteiger partial charge in [0.25, 0.3) is 0 Å². The summed E-state index contributed by atoms with van der Waals surface area (Å²) < 4.78 is 5.39. The second-order valence-electron chi connectivity index (χ2n) is 5.52. The number of carbonyl (C=O) groups excluding carboxylic acids is 1. The van der Waals surface area contributed by atoms with E-state index in [2.05, 4.69) is 12.2 Å². The molecule has 1 amide bonds. The number of ether oxygens (including phenoxy) is 1. The van der Waals surface area contributed by atoms with Crippen LogP contribution in [0.2, 0.25) is 0 Å². The molecule has 0 saturated heterocycles. The third kappa shape index (κ3) is 5.78. The second kappa shape index (κ2) is 4.97. The Morgan fingerprint density at radius 3 is 2.53 bits per heavy atom. The van der Waals surface area contributed by atoms with Crippen molar-refractivity contribution in [3.8, 4) is 0 Å². The van der Waals surface area contributed by atoms with Gasteiger partial charge in [0.1, 0.15) is 6.61 Å². The Kier molecular flexibility index (Phi) is 4.14. The monoisotopic (exact) mass is 213 g/mol. The van der Waals surface area contributed by atoms with Gasteiger partial charge in [-0.2, -0.15) is 0 Å². The van der Waals surface area contributed by atoms with Gasteiger partial charge in [-0.05, 0) is 45.4 Å². The van der Waals surface area contributed by atoms with Crippen LogP contribution in [0.5, 0.6) is 0 Å². The standard InChI is InChI=1S/C12H23NO2/c1-9(10-5-6-10)7-13-11(14)8-15-12(2,3)4/h9-10H,5-8H2,1-4H3,(H,13,14). The van der Waals surface area contributed by atoms with Gasteiger partial charge in [0.05, 0.1) is 5.60 Å². The molecule has 0 spiro atoms. The first-order valence-electron chi connectivity index (χ1n) is 5.79.